The van der Waals surface area contributed by atoms with E-state index >= 15 is 0 Å². The number of anilines is 2. The fraction of sp³-hybridized carbons (Fsp3) is 0.577. The molecule has 1 unspecified atom stereocenters. The molecule has 154 valence electrons. The third-order valence-electron chi connectivity index (χ3n) is 5.68. The van der Waals surface area contributed by atoms with Crippen LogP contribution >= 0.6 is 0 Å². The van der Waals surface area contributed by atoms with Crippen LogP contribution in [0.4, 0.5) is 11.4 Å². The van der Waals surface area contributed by atoms with Gasteiger partial charge in [-0.2, -0.15) is 0 Å². The van der Waals surface area contributed by atoms with Gasteiger partial charge < -0.3 is 4.90 Å². The first kappa shape index (κ1) is 22.5. The molecule has 0 saturated carbocycles. The van der Waals surface area contributed by atoms with Gasteiger partial charge in [0.25, 0.3) is 0 Å². The van der Waals surface area contributed by atoms with Gasteiger partial charge in [-0.25, -0.2) is 0 Å². The molecule has 28 heavy (non-hydrogen) atoms. The number of unbranched alkanes of at least 4 members (excludes halogenated alkanes) is 3. The minimum Gasteiger partial charge on any atom is -0.341 e. The van der Waals surface area contributed by atoms with E-state index in [1.165, 1.54) is 68.3 Å². The second kappa shape index (κ2) is 11.9. The van der Waals surface area contributed by atoms with Gasteiger partial charge in [0.15, 0.2) is 0 Å². The van der Waals surface area contributed by atoms with Crippen LogP contribution in [-0.2, 0) is 6.42 Å². The number of hydrogen-bond donors (Lipinski definition) is 0. The highest BCUT2D eigenvalue weighted by molar-refractivity contribution is 5.64. The lowest BCUT2D eigenvalue weighted by atomic mass is 9.98. The normalized spacial score (nSPS) is 12.2. The van der Waals surface area contributed by atoms with E-state index in [1.54, 1.807) is 0 Å². The fourth-order valence-corrected chi connectivity index (χ4v) is 3.93. The Hall–Kier alpha value is -1.83. The van der Waals surface area contributed by atoms with E-state index in [4.69, 9.17) is 0 Å². The monoisotopic (exact) mass is 380 g/mol. The first-order valence-corrected chi connectivity index (χ1v) is 11.4. The fourth-order valence-electron chi connectivity index (χ4n) is 3.93. The lowest BCUT2D eigenvalue weighted by Crippen LogP contribution is -2.25. The second-order valence-electron chi connectivity index (χ2n) is 8.26. The molecule has 0 fully saturated rings. The van der Waals surface area contributed by atoms with E-state index in [0.29, 0.717) is 0 Å². The predicted octanol–water partition coefficient (Wildman–Crippen LogP) is 7.79. The summed E-state index contributed by atoms with van der Waals surface area (Å²) in [6.07, 6.45) is 10.2. The van der Waals surface area contributed by atoms with Gasteiger partial charge in [0.2, 0.25) is 0 Å². The zero-order chi connectivity index (χ0) is 20.4. The first-order chi connectivity index (χ1) is 13.6. The number of aryl methyl sites for hydroxylation is 3. The van der Waals surface area contributed by atoms with Crippen LogP contribution in [0.1, 0.15) is 82.7 Å². The maximum absolute atomic E-state index is 4.59. The number of nitrogens with zero attached hydrogens (tertiary/aromatic N) is 2. The van der Waals surface area contributed by atoms with Crippen molar-refractivity contribution in [2.45, 2.75) is 86.0 Å². The third-order valence-corrected chi connectivity index (χ3v) is 5.68. The highest BCUT2D eigenvalue weighted by Gasteiger charge is 2.16. The summed E-state index contributed by atoms with van der Waals surface area (Å²) < 4.78 is 0. The number of rotatable bonds is 12. The molecule has 2 rings (SSSR count). The third kappa shape index (κ3) is 6.96. The molecule has 0 aliphatic heterocycles. The molecule has 2 nitrogen and oxygen atoms in total. The molecule has 0 bridgehead atoms. The van der Waals surface area contributed by atoms with Gasteiger partial charge in [-0.15, -0.1) is 0 Å². The van der Waals surface area contributed by atoms with E-state index in [0.717, 1.165) is 23.9 Å². The van der Waals surface area contributed by atoms with Gasteiger partial charge in [0, 0.05) is 29.3 Å². The molecule has 1 aromatic carbocycles. The Morgan fingerprint density at radius 3 is 2.04 bits per heavy atom. The topological polar surface area (TPSA) is 16.1 Å². The van der Waals surface area contributed by atoms with Crippen molar-refractivity contribution >= 4 is 11.4 Å². The summed E-state index contributed by atoms with van der Waals surface area (Å²) in [7, 11) is 0. The molecule has 0 saturated heterocycles. The molecule has 0 aliphatic carbocycles. The van der Waals surface area contributed by atoms with E-state index in [-0.39, 0.29) is 0 Å². The Morgan fingerprint density at radius 1 is 0.821 bits per heavy atom. The summed E-state index contributed by atoms with van der Waals surface area (Å²) in [5, 5.41) is 0. The lowest BCUT2D eigenvalue weighted by molar-refractivity contribution is 0.458. The van der Waals surface area contributed by atoms with Crippen molar-refractivity contribution in [2.75, 3.05) is 11.4 Å². The van der Waals surface area contributed by atoms with Crippen LogP contribution in [0.5, 0.6) is 0 Å². The van der Waals surface area contributed by atoms with Crippen molar-refractivity contribution in [3.8, 4) is 0 Å². The first-order valence-electron chi connectivity index (χ1n) is 11.4. The second-order valence-corrected chi connectivity index (χ2v) is 8.26. The van der Waals surface area contributed by atoms with Crippen LogP contribution < -0.4 is 4.90 Å². The van der Waals surface area contributed by atoms with Gasteiger partial charge in [-0.05, 0) is 68.9 Å². The van der Waals surface area contributed by atoms with Crippen molar-refractivity contribution in [1.29, 1.82) is 0 Å². The summed E-state index contributed by atoms with van der Waals surface area (Å²) in [6, 6.07) is 13.7. The van der Waals surface area contributed by atoms with Gasteiger partial charge in [0.1, 0.15) is 0 Å². The molecule has 0 spiro atoms. The summed E-state index contributed by atoms with van der Waals surface area (Å²) >= 11 is 0. The Morgan fingerprint density at radius 2 is 1.46 bits per heavy atom. The highest BCUT2D eigenvalue weighted by atomic mass is 15.1. The highest BCUT2D eigenvalue weighted by Crippen LogP contribution is 2.30. The average Bonchev–Trinajstić information content (AvgIpc) is 2.68. The van der Waals surface area contributed by atoms with Crippen LogP contribution in [0.2, 0.25) is 0 Å². The number of pyridine rings is 1. The van der Waals surface area contributed by atoms with Crippen LogP contribution in [0.15, 0.2) is 36.4 Å². The summed E-state index contributed by atoms with van der Waals surface area (Å²) in [6.45, 7) is 12.2. The minimum absolute atomic E-state index is 0.720. The summed E-state index contributed by atoms with van der Waals surface area (Å²) in [4.78, 5) is 7.10. The van der Waals surface area contributed by atoms with Crippen LogP contribution in [0.25, 0.3) is 0 Å². The van der Waals surface area contributed by atoms with Gasteiger partial charge in [-0.3, -0.25) is 4.98 Å². The van der Waals surface area contributed by atoms with Crippen molar-refractivity contribution in [2.24, 2.45) is 5.92 Å². The minimum atomic E-state index is 0.720. The van der Waals surface area contributed by atoms with Crippen LogP contribution in [0.3, 0.4) is 0 Å². The maximum Gasteiger partial charge on any atom is 0.0447 e. The molecular formula is C26H40N2. The molecule has 1 heterocycles. The van der Waals surface area contributed by atoms with Crippen LogP contribution in [-0.4, -0.2) is 11.5 Å². The standard InChI is InChI=1S/C26H40N2/c1-6-9-11-13-24-14-16-25(17-15-24)28(20-23(8-3)12-10-7-2)26-18-21(4)27-22(5)19-26/h14-19,23H,6-13,20H2,1-5H3. The van der Waals surface area contributed by atoms with Crippen molar-refractivity contribution in [1.82, 2.24) is 4.98 Å². The Kier molecular flexibility index (Phi) is 9.54. The van der Waals surface area contributed by atoms with Gasteiger partial charge in [-0.1, -0.05) is 65.0 Å². The maximum atomic E-state index is 4.59. The molecule has 0 aliphatic rings. The zero-order valence-corrected chi connectivity index (χ0v) is 18.8. The van der Waals surface area contributed by atoms with Crippen molar-refractivity contribution < 1.29 is 0 Å². The van der Waals surface area contributed by atoms with E-state index in [9.17, 15) is 0 Å². The zero-order valence-electron chi connectivity index (χ0n) is 18.8. The molecule has 0 N–H and O–H groups in total. The van der Waals surface area contributed by atoms with Crippen molar-refractivity contribution in [3.05, 3.63) is 53.3 Å². The molecular weight excluding hydrogens is 340 g/mol. The Labute approximate surface area is 173 Å². The summed E-state index contributed by atoms with van der Waals surface area (Å²) in [5.41, 5.74) is 6.23. The largest absolute Gasteiger partial charge is 0.341 e. The van der Waals surface area contributed by atoms with Gasteiger partial charge >= 0.3 is 0 Å². The molecule has 1 aromatic heterocycles. The average molecular weight is 381 g/mol. The quantitative estimate of drug-likeness (QED) is 0.349. The lowest BCUT2D eigenvalue weighted by Gasteiger charge is -2.30. The Bertz CT molecular complexity index is 670. The number of benzene rings is 1. The molecule has 1 atom stereocenters. The molecule has 0 amide bonds. The Balaban J connectivity index is 2.26. The molecule has 0 radical (unpaired) electrons. The SMILES string of the molecule is CCCCCc1ccc(N(CC(CC)CCCC)c2cc(C)nc(C)c2)cc1. The van der Waals surface area contributed by atoms with E-state index in [2.05, 4.69) is 80.9 Å². The van der Waals surface area contributed by atoms with Crippen molar-refractivity contribution in [3.63, 3.8) is 0 Å². The smallest absolute Gasteiger partial charge is 0.0447 e. The predicted molar refractivity (Wildman–Crippen MR) is 124 cm³/mol. The molecule has 2 aromatic rings. The van der Waals surface area contributed by atoms with E-state index < -0.39 is 0 Å². The number of hydrogen-bond acceptors (Lipinski definition) is 2. The number of aromatic nitrogens is 1. The summed E-state index contributed by atoms with van der Waals surface area (Å²) in [5.74, 6) is 0.720. The van der Waals surface area contributed by atoms with Crippen LogP contribution in [0, 0.1) is 19.8 Å². The van der Waals surface area contributed by atoms with E-state index in [1.807, 2.05) is 0 Å². The van der Waals surface area contributed by atoms with Gasteiger partial charge in [0.05, 0.1) is 0 Å². The molecule has 2 heteroatoms.